The molecule has 0 radical (unpaired) electrons. The van der Waals surface area contributed by atoms with E-state index in [4.69, 9.17) is 4.74 Å². The van der Waals surface area contributed by atoms with Crippen molar-refractivity contribution in [3.63, 3.8) is 0 Å². The van der Waals surface area contributed by atoms with Crippen LogP contribution < -0.4 is 8.79 Å². The van der Waals surface area contributed by atoms with Crippen LogP contribution in [0.2, 0.25) is 0 Å². The molecule has 4 nitrogen and oxygen atoms in total. The normalized spacial score (nSPS) is 15.2. The van der Waals surface area contributed by atoms with E-state index in [9.17, 15) is 5.21 Å². The third-order valence-corrected chi connectivity index (χ3v) is 1.83. The number of aromatic nitrogens is 1. The van der Waals surface area contributed by atoms with Gasteiger partial charge in [-0.15, -0.1) is 0 Å². The fourth-order valence-corrected chi connectivity index (χ4v) is 1.15. The van der Waals surface area contributed by atoms with Crippen LogP contribution in [-0.2, 0) is 0 Å². The minimum atomic E-state index is -0.585. The highest BCUT2D eigenvalue weighted by Gasteiger charge is 2.24. The molecular weight excluding hydrogens is 188 g/mol. The van der Waals surface area contributed by atoms with Gasteiger partial charge in [0.1, 0.15) is 7.05 Å². The molecule has 0 aliphatic heterocycles. The molecule has 0 bridgehead atoms. The number of ether oxygens (including phenoxy) is 1. The Balaban J connectivity index is 3.24. The van der Waals surface area contributed by atoms with Crippen molar-refractivity contribution in [2.24, 2.45) is 0 Å². The van der Waals surface area contributed by atoms with Gasteiger partial charge < -0.3 is 4.74 Å². The third kappa shape index (κ3) is 2.33. The van der Waals surface area contributed by atoms with Gasteiger partial charge in [-0.25, -0.2) is 4.98 Å². The number of hydrogen-bond acceptors (Lipinski definition) is 4. The number of hydrogen-bond donors (Lipinski definition) is 2. The summed E-state index contributed by atoms with van der Waals surface area (Å²) in [6, 6.07) is 1.78. The number of methoxy groups -OCH3 is 1. The van der Waals surface area contributed by atoms with E-state index < -0.39 is 4.05 Å². The number of quaternary nitrogens is 1. The molecular formula is C8H13N2O2S+. The van der Waals surface area contributed by atoms with Crippen molar-refractivity contribution in [3.05, 3.63) is 17.8 Å². The van der Waals surface area contributed by atoms with Crippen molar-refractivity contribution in [2.75, 3.05) is 14.2 Å². The minimum Gasteiger partial charge on any atom is -0.477 e. The summed E-state index contributed by atoms with van der Waals surface area (Å²) in [4.78, 5) is 4.02. The second-order valence-corrected chi connectivity index (χ2v) is 3.73. The number of rotatable bonds is 2. The zero-order chi connectivity index (χ0) is 10.1. The van der Waals surface area contributed by atoms with Crippen LogP contribution in [0.25, 0.3) is 0 Å². The maximum Gasteiger partial charge on any atom is 0.280 e. The maximum absolute atomic E-state index is 9.61. The van der Waals surface area contributed by atoms with E-state index in [1.807, 2.05) is 6.92 Å². The Labute approximate surface area is 82.9 Å². The van der Waals surface area contributed by atoms with Crippen LogP contribution in [-0.4, -0.2) is 24.3 Å². The smallest absolute Gasteiger partial charge is 0.280 e. The van der Waals surface area contributed by atoms with E-state index in [-0.39, 0.29) is 0 Å². The van der Waals surface area contributed by atoms with E-state index in [1.165, 1.54) is 14.2 Å². The number of pyridine rings is 1. The first-order valence-electron chi connectivity index (χ1n) is 3.78. The van der Waals surface area contributed by atoms with Crippen molar-refractivity contribution < 1.29 is 9.94 Å². The topological polar surface area (TPSA) is 42.4 Å². The molecule has 1 heterocycles. The number of thiol groups is 1. The van der Waals surface area contributed by atoms with Crippen molar-refractivity contribution in [2.45, 2.75) is 6.92 Å². The maximum atomic E-state index is 9.61. The number of hydroxylamine groups is 1. The quantitative estimate of drug-likeness (QED) is 0.433. The zero-order valence-electron chi connectivity index (χ0n) is 7.85. The highest BCUT2D eigenvalue weighted by molar-refractivity contribution is 7.79. The first kappa shape index (κ1) is 10.3. The molecule has 0 aliphatic carbocycles. The summed E-state index contributed by atoms with van der Waals surface area (Å²) < 4.78 is 4.41. The highest BCUT2D eigenvalue weighted by atomic mass is 32.1. The largest absolute Gasteiger partial charge is 0.477 e. The standard InChI is InChI=1S/C8H13N2O2S/c1-6-4-7(10(2,11)13)8(12-3)9-5-6/h4-5,11,13H,1-3H3/q+1. The molecule has 72 valence electrons. The van der Waals surface area contributed by atoms with E-state index in [0.29, 0.717) is 11.6 Å². The Morgan fingerprint density at radius 1 is 1.62 bits per heavy atom. The van der Waals surface area contributed by atoms with Gasteiger partial charge in [-0.2, -0.15) is 5.21 Å². The fourth-order valence-electron chi connectivity index (χ4n) is 1.00. The summed E-state index contributed by atoms with van der Waals surface area (Å²) in [6.07, 6.45) is 1.67. The predicted molar refractivity (Wildman–Crippen MR) is 54.0 cm³/mol. The Morgan fingerprint density at radius 2 is 2.23 bits per heavy atom. The summed E-state index contributed by atoms with van der Waals surface area (Å²) in [6.45, 7) is 1.89. The van der Waals surface area contributed by atoms with Crippen LogP contribution >= 0.6 is 12.8 Å². The average Bonchev–Trinajstić information content (AvgIpc) is 2.03. The van der Waals surface area contributed by atoms with Crippen molar-refractivity contribution in [1.29, 1.82) is 0 Å². The van der Waals surface area contributed by atoms with Crippen molar-refractivity contribution in [1.82, 2.24) is 9.04 Å². The molecule has 0 saturated carbocycles. The van der Waals surface area contributed by atoms with Crippen molar-refractivity contribution in [3.8, 4) is 5.88 Å². The van der Waals surface area contributed by atoms with Crippen molar-refractivity contribution >= 4 is 18.5 Å². The van der Waals surface area contributed by atoms with Gasteiger partial charge in [0.15, 0.2) is 0 Å². The Kier molecular flexibility index (Phi) is 2.80. The Bertz CT molecular complexity index is 310. The lowest BCUT2D eigenvalue weighted by molar-refractivity contribution is 0.0515. The fraction of sp³-hybridized carbons (Fsp3) is 0.375. The van der Waals surface area contributed by atoms with Gasteiger partial charge in [-0.1, -0.05) is 4.05 Å². The molecule has 0 amide bonds. The van der Waals surface area contributed by atoms with Crippen LogP contribution in [0, 0.1) is 6.92 Å². The molecule has 1 aromatic rings. The van der Waals surface area contributed by atoms with Crippen LogP contribution in [0.15, 0.2) is 12.3 Å². The van der Waals surface area contributed by atoms with E-state index >= 15 is 0 Å². The van der Waals surface area contributed by atoms with E-state index in [2.05, 4.69) is 17.8 Å². The molecule has 13 heavy (non-hydrogen) atoms. The van der Waals surface area contributed by atoms with E-state index in [1.54, 1.807) is 12.3 Å². The lowest BCUT2D eigenvalue weighted by atomic mass is 10.3. The van der Waals surface area contributed by atoms with Gasteiger partial charge in [0.05, 0.1) is 19.9 Å². The summed E-state index contributed by atoms with van der Waals surface area (Å²) >= 11 is 3.99. The van der Waals surface area contributed by atoms with Crippen LogP contribution in [0.1, 0.15) is 5.56 Å². The van der Waals surface area contributed by atoms with Crippen LogP contribution in [0.3, 0.4) is 0 Å². The molecule has 0 fully saturated rings. The van der Waals surface area contributed by atoms with Gasteiger partial charge in [-0.05, 0) is 12.5 Å². The lowest BCUT2D eigenvalue weighted by Crippen LogP contribution is -2.29. The summed E-state index contributed by atoms with van der Waals surface area (Å²) in [5.74, 6) is 0.380. The highest BCUT2D eigenvalue weighted by Crippen LogP contribution is 2.30. The Morgan fingerprint density at radius 3 is 2.69 bits per heavy atom. The van der Waals surface area contributed by atoms with Crippen LogP contribution in [0.5, 0.6) is 5.88 Å². The van der Waals surface area contributed by atoms with E-state index in [0.717, 1.165) is 5.56 Å². The molecule has 0 aromatic carbocycles. The SMILES string of the molecule is COc1ncc(C)cc1[N+](C)(O)S. The molecule has 1 unspecified atom stereocenters. The lowest BCUT2D eigenvalue weighted by Gasteiger charge is -2.17. The monoisotopic (exact) mass is 201 g/mol. The molecule has 1 rings (SSSR count). The molecule has 5 heteroatoms. The summed E-state index contributed by atoms with van der Waals surface area (Å²) in [5.41, 5.74) is 1.47. The van der Waals surface area contributed by atoms with Gasteiger partial charge in [-0.3, -0.25) is 0 Å². The van der Waals surface area contributed by atoms with Gasteiger partial charge in [0.2, 0.25) is 5.69 Å². The second-order valence-electron chi connectivity index (χ2n) is 2.95. The minimum absolute atomic E-state index is 0.380. The predicted octanol–water partition coefficient (Wildman–Crippen LogP) is 1.57. The number of aryl methyl sites for hydroxylation is 1. The molecule has 1 N–H and O–H groups in total. The molecule has 0 aliphatic rings. The Hall–Kier alpha value is -0.780. The first-order valence-corrected chi connectivity index (χ1v) is 4.18. The van der Waals surface area contributed by atoms with Gasteiger partial charge >= 0.3 is 0 Å². The van der Waals surface area contributed by atoms with Gasteiger partial charge in [0, 0.05) is 12.3 Å². The molecule has 1 atom stereocenters. The molecule has 0 spiro atoms. The summed E-state index contributed by atoms with van der Waals surface area (Å²) in [5, 5.41) is 9.61. The summed E-state index contributed by atoms with van der Waals surface area (Å²) in [7, 11) is 3.02. The number of nitrogens with zero attached hydrogens (tertiary/aromatic N) is 2. The van der Waals surface area contributed by atoms with Crippen LogP contribution in [0.4, 0.5) is 5.69 Å². The average molecular weight is 201 g/mol. The third-order valence-electron chi connectivity index (χ3n) is 1.62. The van der Waals surface area contributed by atoms with Gasteiger partial charge in [0.25, 0.3) is 5.88 Å². The second kappa shape index (κ2) is 3.53. The molecule has 1 aromatic heterocycles. The molecule has 0 saturated heterocycles. The zero-order valence-corrected chi connectivity index (χ0v) is 8.75. The first-order chi connectivity index (χ1) is 5.95.